The Bertz CT molecular complexity index is 947. The number of benzene rings is 3. The number of carbonyl (C=O) groups excluding carboxylic acids is 1. The lowest BCUT2D eigenvalue weighted by atomic mass is 10.2. The summed E-state index contributed by atoms with van der Waals surface area (Å²) in [5.41, 5.74) is 2.06. The molecule has 0 heterocycles. The molecule has 0 saturated carbocycles. The summed E-state index contributed by atoms with van der Waals surface area (Å²) in [6.45, 7) is 0.429. The standard InChI is InChI=1S/C23H23NO5/c1-26-20-13-18(14-21(27-2)22(20)28-3)24-23(25)17-10-7-11-19(12-17)29-15-16-8-5-4-6-9-16/h4-14H,15H2,1-3H3,(H,24,25). The van der Waals surface area contributed by atoms with E-state index in [-0.39, 0.29) is 5.91 Å². The summed E-state index contributed by atoms with van der Waals surface area (Å²) in [5, 5.41) is 2.85. The van der Waals surface area contributed by atoms with Crippen molar-refractivity contribution in [3.05, 3.63) is 77.9 Å². The third kappa shape index (κ3) is 4.99. The maximum Gasteiger partial charge on any atom is 0.255 e. The van der Waals surface area contributed by atoms with Crippen LogP contribution >= 0.6 is 0 Å². The highest BCUT2D eigenvalue weighted by Crippen LogP contribution is 2.40. The molecule has 0 unspecified atom stereocenters. The molecule has 150 valence electrons. The monoisotopic (exact) mass is 393 g/mol. The number of methoxy groups -OCH3 is 3. The lowest BCUT2D eigenvalue weighted by molar-refractivity contribution is 0.102. The van der Waals surface area contributed by atoms with E-state index in [0.717, 1.165) is 5.56 Å². The molecule has 3 rings (SSSR count). The van der Waals surface area contributed by atoms with Crippen LogP contribution in [0.3, 0.4) is 0 Å². The Hall–Kier alpha value is -3.67. The fourth-order valence-electron chi connectivity index (χ4n) is 2.82. The van der Waals surface area contributed by atoms with E-state index in [0.29, 0.717) is 40.9 Å². The lowest BCUT2D eigenvalue weighted by Gasteiger charge is -2.15. The molecule has 0 saturated heterocycles. The average Bonchev–Trinajstić information content (AvgIpc) is 2.77. The van der Waals surface area contributed by atoms with E-state index in [9.17, 15) is 4.79 Å². The molecule has 0 aliphatic carbocycles. The zero-order valence-electron chi connectivity index (χ0n) is 16.6. The van der Waals surface area contributed by atoms with Crippen molar-refractivity contribution >= 4 is 11.6 Å². The molecule has 0 spiro atoms. The van der Waals surface area contributed by atoms with Crippen molar-refractivity contribution < 1.29 is 23.7 Å². The molecule has 0 aliphatic heterocycles. The van der Waals surface area contributed by atoms with Crippen molar-refractivity contribution in [1.82, 2.24) is 0 Å². The first kappa shape index (κ1) is 20.1. The second kappa shape index (κ2) is 9.50. The van der Waals surface area contributed by atoms with E-state index in [1.807, 2.05) is 36.4 Å². The fraction of sp³-hybridized carbons (Fsp3) is 0.174. The van der Waals surface area contributed by atoms with Crippen molar-refractivity contribution in [2.75, 3.05) is 26.6 Å². The predicted octanol–water partition coefficient (Wildman–Crippen LogP) is 4.54. The maximum absolute atomic E-state index is 12.7. The summed E-state index contributed by atoms with van der Waals surface area (Å²) in [6.07, 6.45) is 0. The Morgan fingerprint density at radius 1 is 0.828 bits per heavy atom. The molecule has 6 heteroatoms. The molecule has 0 radical (unpaired) electrons. The first-order valence-electron chi connectivity index (χ1n) is 9.02. The van der Waals surface area contributed by atoms with E-state index in [2.05, 4.69) is 5.32 Å². The van der Waals surface area contributed by atoms with Gasteiger partial charge >= 0.3 is 0 Å². The van der Waals surface area contributed by atoms with E-state index < -0.39 is 0 Å². The number of hydrogen-bond acceptors (Lipinski definition) is 5. The van der Waals surface area contributed by atoms with Gasteiger partial charge in [-0.05, 0) is 23.8 Å². The number of hydrogen-bond donors (Lipinski definition) is 1. The van der Waals surface area contributed by atoms with Crippen LogP contribution in [0.5, 0.6) is 23.0 Å². The van der Waals surface area contributed by atoms with Crippen molar-refractivity contribution in [3.63, 3.8) is 0 Å². The van der Waals surface area contributed by atoms with Crippen LogP contribution in [0.4, 0.5) is 5.69 Å². The van der Waals surface area contributed by atoms with Crippen molar-refractivity contribution in [2.45, 2.75) is 6.61 Å². The summed E-state index contributed by atoms with van der Waals surface area (Å²) >= 11 is 0. The lowest BCUT2D eigenvalue weighted by Crippen LogP contribution is -2.12. The Labute approximate surface area is 170 Å². The van der Waals surface area contributed by atoms with Crippen LogP contribution in [0.1, 0.15) is 15.9 Å². The van der Waals surface area contributed by atoms with E-state index in [4.69, 9.17) is 18.9 Å². The Kier molecular flexibility index (Phi) is 6.58. The molecule has 0 aliphatic rings. The van der Waals surface area contributed by atoms with Gasteiger partial charge < -0.3 is 24.3 Å². The van der Waals surface area contributed by atoms with Gasteiger partial charge in [-0.1, -0.05) is 36.4 Å². The number of nitrogens with one attached hydrogen (secondary N) is 1. The Balaban J connectivity index is 1.74. The normalized spacial score (nSPS) is 10.2. The van der Waals surface area contributed by atoms with Gasteiger partial charge in [-0.15, -0.1) is 0 Å². The van der Waals surface area contributed by atoms with Crippen LogP contribution in [0, 0.1) is 0 Å². The summed E-state index contributed by atoms with van der Waals surface area (Å²) in [4.78, 5) is 12.7. The van der Waals surface area contributed by atoms with E-state index in [1.165, 1.54) is 21.3 Å². The average molecular weight is 393 g/mol. The minimum Gasteiger partial charge on any atom is -0.493 e. The molecule has 3 aromatic rings. The van der Waals surface area contributed by atoms with Gasteiger partial charge in [0.05, 0.1) is 21.3 Å². The minimum atomic E-state index is -0.274. The van der Waals surface area contributed by atoms with Crippen LogP contribution in [0.25, 0.3) is 0 Å². The summed E-state index contributed by atoms with van der Waals surface area (Å²) in [6, 6.07) is 20.2. The van der Waals surface area contributed by atoms with Crippen LogP contribution < -0.4 is 24.3 Å². The van der Waals surface area contributed by atoms with Crippen LogP contribution in [0.2, 0.25) is 0 Å². The number of carbonyl (C=O) groups is 1. The molecule has 0 fully saturated rings. The number of amides is 1. The molecule has 29 heavy (non-hydrogen) atoms. The molecule has 0 atom stereocenters. The molecular formula is C23H23NO5. The molecule has 0 aromatic heterocycles. The van der Waals surface area contributed by atoms with Crippen LogP contribution in [0.15, 0.2) is 66.7 Å². The summed E-state index contributed by atoms with van der Waals surface area (Å²) in [7, 11) is 4.58. The van der Waals surface area contributed by atoms with E-state index >= 15 is 0 Å². The Morgan fingerprint density at radius 3 is 2.14 bits per heavy atom. The van der Waals surface area contributed by atoms with Gasteiger partial charge in [-0.2, -0.15) is 0 Å². The fourth-order valence-corrected chi connectivity index (χ4v) is 2.82. The first-order valence-corrected chi connectivity index (χ1v) is 9.02. The largest absolute Gasteiger partial charge is 0.493 e. The second-order valence-electron chi connectivity index (χ2n) is 6.17. The first-order chi connectivity index (χ1) is 14.1. The molecule has 6 nitrogen and oxygen atoms in total. The molecule has 0 bridgehead atoms. The molecular weight excluding hydrogens is 370 g/mol. The topological polar surface area (TPSA) is 66.0 Å². The minimum absolute atomic E-state index is 0.274. The summed E-state index contributed by atoms with van der Waals surface area (Å²) in [5.74, 6) is 1.73. The van der Waals surface area contributed by atoms with Gasteiger partial charge in [0.25, 0.3) is 5.91 Å². The smallest absolute Gasteiger partial charge is 0.255 e. The van der Waals surface area contributed by atoms with Crippen LogP contribution in [-0.2, 0) is 6.61 Å². The highest BCUT2D eigenvalue weighted by atomic mass is 16.5. The van der Waals surface area contributed by atoms with E-state index in [1.54, 1.807) is 30.3 Å². The molecule has 1 amide bonds. The number of anilines is 1. The second-order valence-corrected chi connectivity index (χ2v) is 6.17. The van der Waals surface area contributed by atoms with Gasteiger partial charge in [0.2, 0.25) is 5.75 Å². The summed E-state index contributed by atoms with van der Waals surface area (Å²) < 4.78 is 21.7. The third-order valence-electron chi connectivity index (χ3n) is 4.27. The van der Waals surface area contributed by atoms with Gasteiger partial charge in [-0.25, -0.2) is 0 Å². The quantitative estimate of drug-likeness (QED) is 0.608. The molecule has 3 aromatic carbocycles. The van der Waals surface area contributed by atoms with Gasteiger partial charge in [0.1, 0.15) is 12.4 Å². The highest BCUT2D eigenvalue weighted by molar-refractivity contribution is 6.04. The zero-order chi connectivity index (χ0) is 20.6. The van der Waals surface area contributed by atoms with Gasteiger partial charge in [-0.3, -0.25) is 4.79 Å². The van der Waals surface area contributed by atoms with Crippen LogP contribution in [-0.4, -0.2) is 27.2 Å². The zero-order valence-corrected chi connectivity index (χ0v) is 16.6. The maximum atomic E-state index is 12.7. The highest BCUT2D eigenvalue weighted by Gasteiger charge is 2.15. The third-order valence-corrected chi connectivity index (χ3v) is 4.27. The predicted molar refractivity (Wildman–Crippen MR) is 111 cm³/mol. The Morgan fingerprint density at radius 2 is 1.52 bits per heavy atom. The van der Waals surface area contributed by atoms with Crippen molar-refractivity contribution in [1.29, 1.82) is 0 Å². The van der Waals surface area contributed by atoms with Crippen molar-refractivity contribution in [3.8, 4) is 23.0 Å². The SMILES string of the molecule is COc1cc(NC(=O)c2cccc(OCc3ccccc3)c2)cc(OC)c1OC. The number of ether oxygens (including phenoxy) is 4. The van der Waals surface area contributed by atoms with Gasteiger partial charge in [0.15, 0.2) is 11.5 Å². The van der Waals surface area contributed by atoms with Crippen molar-refractivity contribution in [2.24, 2.45) is 0 Å². The molecule has 1 N–H and O–H groups in total. The van der Waals surface area contributed by atoms with Gasteiger partial charge in [0, 0.05) is 23.4 Å². The number of rotatable bonds is 8.